The van der Waals surface area contributed by atoms with Gasteiger partial charge in [0.1, 0.15) is 0 Å². The monoisotopic (exact) mass is 243 g/mol. The average Bonchev–Trinajstić information content (AvgIpc) is 2.22. The predicted octanol–water partition coefficient (Wildman–Crippen LogP) is 4.23. The van der Waals surface area contributed by atoms with E-state index in [1.165, 1.54) is 18.5 Å². The summed E-state index contributed by atoms with van der Waals surface area (Å²) in [5.74, 6) is 0.771. The molecule has 1 nitrogen and oxygen atoms in total. The molecule has 1 unspecified atom stereocenters. The lowest BCUT2D eigenvalue weighted by atomic mass is 10.00. The average molecular weight is 244 g/mol. The molecule has 2 rings (SSSR count). The number of benzene rings is 1. The smallest absolute Gasteiger partial charge is 0.0612 e. The second-order valence-electron chi connectivity index (χ2n) is 4.29. The third-order valence-corrected chi connectivity index (χ3v) is 3.66. The van der Waals surface area contributed by atoms with E-state index in [1.54, 1.807) is 0 Å². The molecule has 0 N–H and O–H groups in total. The first-order valence-electron chi connectivity index (χ1n) is 5.37. The molecule has 1 atom stereocenters. The molecule has 82 valence electrons. The zero-order valence-electron chi connectivity index (χ0n) is 8.84. The summed E-state index contributed by atoms with van der Waals surface area (Å²) < 4.78 is 0. The van der Waals surface area contributed by atoms with E-state index >= 15 is 0 Å². The van der Waals surface area contributed by atoms with Gasteiger partial charge in [-0.05, 0) is 37.0 Å². The van der Waals surface area contributed by atoms with Crippen molar-refractivity contribution in [3.8, 4) is 0 Å². The van der Waals surface area contributed by atoms with E-state index in [4.69, 9.17) is 23.2 Å². The number of rotatable bonds is 1. The van der Waals surface area contributed by atoms with Crippen molar-refractivity contribution < 1.29 is 0 Å². The molecule has 1 heterocycles. The molecule has 0 aromatic heterocycles. The Labute approximate surface area is 101 Å². The highest BCUT2D eigenvalue weighted by molar-refractivity contribution is 6.42. The van der Waals surface area contributed by atoms with Crippen LogP contribution in [-0.4, -0.2) is 13.1 Å². The van der Waals surface area contributed by atoms with E-state index in [9.17, 15) is 0 Å². The molecule has 1 aromatic carbocycles. The molecule has 1 aromatic rings. The number of hydrogen-bond donors (Lipinski definition) is 0. The Morgan fingerprint density at radius 3 is 2.73 bits per heavy atom. The van der Waals surface area contributed by atoms with Gasteiger partial charge in [0.2, 0.25) is 0 Å². The fourth-order valence-corrected chi connectivity index (χ4v) is 2.40. The third kappa shape index (κ3) is 2.59. The van der Waals surface area contributed by atoms with E-state index < -0.39 is 0 Å². The van der Waals surface area contributed by atoms with Crippen LogP contribution in [0.1, 0.15) is 19.8 Å². The van der Waals surface area contributed by atoms with Crippen molar-refractivity contribution >= 4 is 28.9 Å². The highest BCUT2D eigenvalue weighted by Crippen LogP contribution is 2.29. The summed E-state index contributed by atoms with van der Waals surface area (Å²) in [5, 5.41) is 1.28. The standard InChI is InChI=1S/C12H15Cl2N/c1-9-3-2-6-15(8-9)10-4-5-11(13)12(14)7-10/h4-5,7,9H,2-3,6,8H2,1H3. The van der Waals surface area contributed by atoms with Gasteiger partial charge >= 0.3 is 0 Å². The SMILES string of the molecule is CC1CCCN(c2ccc(Cl)c(Cl)c2)C1. The highest BCUT2D eigenvalue weighted by Gasteiger charge is 2.16. The molecule has 0 aliphatic carbocycles. The minimum absolute atomic E-state index is 0.630. The lowest BCUT2D eigenvalue weighted by Gasteiger charge is -2.32. The first-order chi connectivity index (χ1) is 7.16. The van der Waals surface area contributed by atoms with Gasteiger partial charge in [0.15, 0.2) is 0 Å². The number of anilines is 1. The summed E-state index contributed by atoms with van der Waals surface area (Å²) in [6, 6.07) is 5.88. The van der Waals surface area contributed by atoms with E-state index in [-0.39, 0.29) is 0 Å². The second kappa shape index (κ2) is 4.63. The zero-order chi connectivity index (χ0) is 10.8. The molecule has 1 saturated heterocycles. The molecule has 0 spiro atoms. The van der Waals surface area contributed by atoms with Gasteiger partial charge in [-0.25, -0.2) is 0 Å². The van der Waals surface area contributed by atoms with Crippen LogP contribution in [0.2, 0.25) is 10.0 Å². The Bertz CT molecular complexity index is 351. The van der Waals surface area contributed by atoms with Crippen LogP contribution >= 0.6 is 23.2 Å². The maximum Gasteiger partial charge on any atom is 0.0612 e. The molecule has 3 heteroatoms. The van der Waals surface area contributed by atoms with Crippen molar-refractivity contribution in [2.45, 2.75) is 19.8 Å². The summed E-state index contributed by atoms with van der Waals surface area (Å²) in [6.45, 7) is 4.55. The molecule has 0 saturated carbocycles. The molecular weight excluding hydrogens is 229 g/mol. The van der Waals surface area contributed by atoms with Crippen LogP contribution in [0.3, 0.4) is 0 Å². The first kappa shape index (κ1) is 11.1. The molecule has 0 amide bonds. The van der Waals surface area contributed by atoms with E-state index in [0.717, 1.165) is 19.0 Å². The van der Waals surface area contributed by atoms with Crippen LogP contribution in [-0.2, 0) is 0 Å². The number of nitrogens with zero attached hydrogens (tertiary/aromatic N) is 1. The number of hydrogen-bond acceptors (Lipinski definition) is 1. The minimum Gasteiger partial charge on any atom is -0.371 e. The maximum absolute atomic E-state index is 6.01. The van der Waals surface area contributed by atoms with Gasteiger partial charge in [-0.2, -0.15) is 0 Å². The fraction of sp³-hybridized carbons (Fsp3) is 0.500. The molecule has 1 aliphatic rings. The second-order valence-corrected chi connectivity index (χ2v) is 5.11. The molecule has 15 heavy (non-hydrogen) atoms. The summed E-state index contributed by atoms with van der Waals surface area (Å²) in [5.41, 5.74) is 1.19. The van der Waals surface area contributed by atoms with Crippen molar-refractivity contribution in [3.63, 3.8) is 0 Å². The molecular formula is C12H15Cl2N. The lowest BCUT2D eigenvalue weighted by Crippen LogP contribution is -2.34. The van der Waals surface area contributed by atoms with Crippen LogP contribution in [0.15, 0.2) is 18.2 Å². The number of halogens is 2. The zero-order valence-corrected chi connectivity index (χ0v) is 10.4. The Kier molecular flexibility index (Phi) is 3.42. The summed E-state index contributed by atoms with van der Waals surface area (Å²) in [4.78, 5) is 2.39. The van der Waals surface area contributed by atoms with Crippen LogP contribution < -0.4 is 4.90 Å². The largest absolute Gasteiger partial charge is 0.371 e. The quantitative estimate of drug-likeness (QED) is 0.714. The Morgan fingerprint density at radius 1 is 1.27 bits per heavy atom. The first-order valence-corrected chi connectivity index (χ1v) is 6.12. The van der Waals surface area contributed by atoms with Crippen molar-refractivity contribution in [1.29, 1.82) is 0 Å². The van der Waals surface area contributed by atoms with Crippen LogP contribution in [0.25, 0.3) is 0 Å². The summed E-state index contributed by atoms with van der Waals surface area (Å²) in [7, 11) is 0. The normalized spacial score (nSPS) is 21.8. The minimum atomic E-state index is 0.630. The fourth-order valence-electron chi connectivity index (χ4n) is 2.11. The van der Waals surface area contributed by atoms with E-state index in [1.807, 2.05) is 18.2 Å². The third-order valence-electron chi connectivity index (χ3n) is 2.93. The van der Waals surface area contributed by atoms with Gasteiger partial charge in [0, 0.05) is 18.8 Å². The molecule has 0 bridgehead atoms. The van der Waals surface area contributed by atoms with E-state index in [0.29, 0.717) is 10.0 Å². The Balaban J connectivity index is 2.18. The lowest BCUT2D eigenvalue weighted by molar-refractivity contribution is 0.447. The molecule has 1 aliphatic heterocycles. The summed E-state index contributed by atoms with van der Waals surface area (Å²) in [6.07, 6.45) is 2.60. The predicted molar refractivity (Wildman–Crippen MR) is 67.1 cm³/mol. The van der Waals surface area contributed by atoms with Crippen molar-refractivity contribution in [2.24, 2.45) is 5.92 Å². The van der Waals surface area contributed by atoms with Crippen molar-refractivity contribution in [1.82, 2.24) is 0 Å². The van der Waals surface area contributed by atoms with Gasteiger partial charge < -0.3 is 4.90 Å². The number of piperidine rings is 1. The van der Waals surface area contributed by atoms with Crippen molar-refractivity contribution in [2.75, 3.05) is 18.0 Å². The summed E-state index contributed by atoms with van der Waals surface area (Å²) >= 11 is 11.9. The van der Waals surface area contributed by atoms with Crippen LogP contribution in [0.4, 0.5) is 5.69 Å². The van der Waals surface area contributed by atoms with Gasteiger partial charge in [-0.3, -0.25) is 0 Å². The van der Waals surface area contributed by atoms with E-state index in [2.05, 4.69) is 11.8 Å². The highest BCUT2D eigenvalue weighted by atomic mass is 35.5. The Hall–Kier alpha value is -0.400. The maximum atomic E-state index is 6.01. The van der Waals surface area contributed by atoms with Crippen molar-refractivity contribution in [3.05, 3.63) is 28.2 Å². The topological polar surface area (TPSA) is 3.24 Å². The van der Waals surface area contributed by atoms with Gasteiger partial charge in [-0.15, -0.1) is 0 Å². The molecule has 1 fully saturated rings. The van der Waals surface area contributed by atoms with Crippen LogP contribution in [0.5, 0.6) is 0 Å². The van der Waals surface area contributed by atoms with Gasteiger partial charge in [0.25, 0.3) is 0 Å². The van der Waals surface area contributed by atoms with Gasteiger partial charge in [0.05, 0.1) is 10.0 Å². The van der Waals surface area contributed by atoms with Crippen LogP contribution in [0, 0.1) is 5.92 Å². The van der Waals surface area contributed by atoms with Gasteiger partial charge in [-0.1, -0.05) is 30.1 Å². The Morgan fingerprint density at radius 2 is 2.07 bits per heavy atom. The molecule has 0 radical (unpaired) electrons.